The second-order valence-electron chi connectivity index (χ2n) is 3.45. The van der Waals surface area contributed by atoms with Gasteiger partial charge in [0.25, 0.3) is 0 Å². The predicted octanol–water partition coefficient (Wildman–Crippen LogP) is 2.63. The molecule has 0 saturated carbocycles. The number of nitriles is 1. The summed E-state index contributed by atoms with van der Waals surface area (Å²) >= 11 is 5.80. The number of hydrogen-bond acceptors (Lipinski definition) is 2. The van der Waals surface area contributed by atoms with Crippen LogP contribution in [0.4, 0.5) is 0 Å². The molecule has 0 aliphatic rings. The van der Waals surface area contributed by atoms with E-state index in [1.165, 1.54) is 0 Å². The third-order valence-electron chi connectivity index (χ3n) is 2.12. The molecule has 0 unspecified atom stereocenters. The highest BCUT2D eigenvalue weighted by atomic mass is 35.5. The van der Waals surface area contributed by atoms with Crippen molar-refractivity contribution >= 4 is 17.5 Å². The molecule has 0 atom stereocenters. The van der Waals surface area contributed by atoms with Crippen molar-refractivity contribution in [1.29, 1.82) is 5.26 Å². The fourth-order valence-corrected chi connectivity index (χ4v) is 1.44. The van der Waals surface area contributed by atoms with Gasteiger partial charge in [0, 0.05) is 13.0 Å². The van der Waals surface area contributed by atoms with E-state index < -0.39 is 0 Å². The van der Waals surface area contributed by atoms with Crippen LogP contribution in [-0.2, 0) is 11.3 Å². The maximum Gasteiger partial charge on any atom is 0.220 e. The summed E-state index contributed by atoms with van der Waals surface area (Å²) in [7, 11) is 0. The zero-order chi connectivity index (χ0) is 12.0. The Bertz CT molecular complexity index is 424. The van der Waals surface area contributed by atoms with Crippen LogP contribution in [0.2, 0.25) is 5.02 Å². The van der Waals surface area contributed by atoms with Crippen molar-refractivity contribution in [3.63, 3.8) is 0 Å². The van der Waals surface area contributed by atoms with Crippen LogP contribution in [-0.4, -0.2) is 5.91 Å². The van der Waals surface area contributed by atoms with E-state index in [0.29, 0.717) is 23.6 Å². The van der Waals surface area contributed by atoms with Crippen molar-refractivity contribution < 1.29 is 4.79 Å². The van der Waals surface area contributed by atoms with E-state index in [1.807, 2.05) is 13.0 Å². The quantitative estimate of drug-likeness (QED) is 0.874. The zero-order valence-electron chi connectivity index (χ0n) is 9.09. The first kappa shape index (κ1) is 12.5. The maximum absolute atomic E-state index is 11.2. The molecule has 0 bridgehead atoms. The minimum absolute atomic E-state index is 0.0240. The number of nitrogens with one attached hydrogen (secondary N) is 1. The Morgan fingerprint density at radius 3 is 2.94 bits per heavy atom. The topological polar surface area (TPSA) is 52.9 Å². The third kappa shape index (κ3) is 3.56. The summed E-state index contributed by atoms with van der Waals surface area (Å²) in [5, 5.41) is 12.0. The smallest absolute Gasteiger partial charge is 0.220 e. The van der Waals surface area contributed by atoms with Gasteiger partial charge < -0.3 is 5.32 Å². The minimum Gasteiger partial charge on any atom is -0.352 e. The van der Waals surface area contributed by atoms with Crippen molar-refractivity contribution in [2.45, 2.75) is 26.3 Å². The highest BCUT2D eigenvalue weighted by Gasteiger charge is 2.03. The van der Waals surface area contributed by atoms with Crippen LogP contribution in [0.3, 0.4) is 0 Å². The minimum atomic E-state index is 0.0240. The van der Waals surface area contributed by atoms with Gasteiger partial charge in [0.05, 0.1) is 10.6 Å². The first-order valence-electron chi connectivity index (χ1n) is 5.12. The van der Waals surface area contributed by atoms with E-state index in [2.05, 4.69) is 5.32 Å². The molecule has 0 spiro atoms. The normalized spacial score (nSPS) is 9.56. The average molecular weight is 237 g/mol. The van der Waals surface area contributed by atoms with E-state index in [4.69, 9.17) is 16.9 Å². The van der Waals surface area contributed by atoms with Crippen molar-refractivity contribution in [3.8, 4) is 6.07 Å². The number of rotatable bonds is 4. The van der Waals surface area contributed by atoms with Gasteiger partial charge in [-0.15, -0.1) is 0 Å². The molecular weight excluding hydrogens is 224 g/mol. The molecule has 4 heteroatoms. The Morgan fingerprint density at radius 1 is 1.56 bits per heavy atom. The standard InChI is InChI=1S/C12H13ClN2O/c1-2-3-12(16)15-8-9-4-5-11(13)10(6-9)7-14/h4-6H,2-3,8H2,1H3,(H,15,16). The Hall–Kier alpha value is -1.53. The molecule has 1 amide bonds. The third-order valence-corrected chi connectivity index (χ3v) is 2.45. The van der Waals surface area contributed by atoms with Gasteiger partial charge in [0.15, 0.2) is 0 Å². The van der Waals surface area contributed by atoms with Crippen LogP contribution in [0.15, 0.2) is 18.2 Å². The van der Waals surface area contributed by atoms with Gasteiger partial charge in [-0.05, 0) is 24.1 Å². The highest BCUT2D eigenvalue weighted by Crippen LogP contribution is 2.16. The summed E-state index contributed by atoms with van der Waals surface area (Å²) in [6.07, 6.45) is 1.36. The summed E-state index contributed by atoms with van der Waals surface area (Å²) in [5.74, 6) is 0.0240. The molecule has 1 aromatic rings. The Kier molecular flexibility index (Phi) is 4.81. The average Bonchev–Trinajstić information content (AvgIpc) is 2.28. The van der Waals surface area contributed by atoms with E-state index in [0.717, 1.165) is 12.0 Å². The lowest BCUT2D eigenvalue weighted by molar-refractivity contribution is -0.121. The van der Waals surface area contributed by atoms with Crippen LogP contribution in [0.5, 0.6) is 0 Å². The molecular formula is C12H13ClN2O. The molecule has 0 heterocycles. The van der Waals surface area contributed by atoms with Gasteiger partial charge >= 0.3 is 0 Å². The molecule has 16 heavy (non-hydrogen) atoms. The van der Waals surface area contributed by atoms with Crippen LogP contribution < -0.4 is 5.32 Å². The zero-order valence-corrected chi connectivity index (χ0v) is 9.84. The number of nitrogens with zero attached hydrogens (tertiary/aromatic N) is 1. The molecule has 0 saturated heterocycles. The van der Waals surface area contributed by atoms with Crippen molar-refractivity contribution in [2.24, 2.45) is 0 Å². The predicted molar refractivity (Wildman–Crippen MR) is 62.9 cm³/mol. The monoisotopic (exact) mass is 236 g/mol. The highest BCUT2D eigenvalue weighted by molar-refractivity contribution is 6.31. The van der Waals surface area contributed by atoms with Gasteiger partial charge in [0.2, 0.25) is 5.91 Å². The first-order valence-corrected chi connectivity index (χ1v) is 5.50. The lowest BCUT2D eigenvalue weighted by atomic mass is 10.1. The fourth-order valence-electron chi connectivity index (χ4n) is 1.28. The van der Waals surface area contributed by atoms with Gasteiger partial charge in [-0.3, -0.25) is 4.79 Å². The molecule has 0 aliphatic heterocycles. The van der Waals surface area contributed by atoms with E-state index in [9.17, 15) is 4.79 Å². The largest absolute Gasteiger partial charge is 0.352 e. The van der Waals surface area contributed by atoms with E-state index in [-0.39, 0.29) is 5.91 Å². The summed E-state index contributed by atoms with van der Waals surface area (Å²) < 4.78 is 0. The Balaban J connectivity index is 2.62. The van der Waals surface area contributed by atoms with Crippen molar-refractivity contribution in [3.05, 3.63) is 34.3 Å². The Labute approximate surface area is 100 Å². The number of amides is 1. The summed E-state index contributed by atoms with van der Waals surface area (Å²) in [6, 6.07) is 7.16. The van der Waals surface area contributed by atoms with Crippen molar-refractivity contribution in [1.82, 2.24) is 5.32 Å². The number of carbonyl (C=O) groups excluding carboxylic acids is 1. The first-order chi connectivity index (χ1) is 7.67. The number of hydrogen-bond donors (Lipinski definition) is 1. The van der Waals surface area contributed by atoms with Crippen LogP contribution in [0.25, 0.3) is 0 Å². The van der Waals surface area contributed by atoms with Crippen LogP contribution in [0.1, 0.15) is 30.9 Å². The molecule has 1 aromatic carbocycles. The molecule has 0 fully saturated rings. The molecule has 1 N–H and O–H groups in total. The molecule has 0 radical (unpaired) electrons. The lowest BCUT2D eigenvalue weighted by Crippen LogP contribution is -2.22. The van der Waals surface area contributed by atoms with Gasteiger partial charge in [-0.1, -0.05) is 24.6 Å². The Morgan fingerprint density at radius 2 is 2.31 bits per heavy atom. The molecule has 84 valence electrons. The van der Waals surface area contributed by atoms with Gasteiger partial charge in [-0.25, -0.2) is 0 Å². The molecule has 0 aliphatic carbocycles. The second kappa shape index (κ2) is 6.14. The van der Waals surface area contributed by atoms with Crippen LogP contribution in [0, 0.1) is 11.3 Å². The van der Waals surface area contributed by atoms with Gasteiger partial charge in [-0.2, -0.15) is 5.26 Å². The second-order valence-corrected chi connectivity index (χ2v) is 3.86. The number of benzene rings is 1. The number of halogens is 1. The fraction of sp³-hybridized carbons (Fsp3) is 0.333. The van der Waals surface area contributed by atoms with Crippen molar-refractivity contribution in [2.75, 3.05) is 0 Å². The van der Waals surface area contributed by atoms with Gasteiger partial charge in [0.1, 0.15) is 6.07 Å². The van der Waals surface area contributed by atoms with E-state index >= 15 is 0 Å². The summed E-state index contributed by atoms with van der Waals surface area (Å²) in [4.78, 5) is 11.2. The molecule has 1 rings (SSSR count). The summed E-state index contributed by atoms with van der Waals surface area (Å²) in [5.41, 5.74) is 1.31. The van der Waals surface area contributed by atoms with E-state index in [1.54, 1.807) is 18.2 Å². The molecule has 0 aromatic heterocycles. The maximum atomic E-state index is 11.2. The number of carbonyl (C=O) groups is 1. The summed E-state index contributed by atoms with van der Waals surface area (Å²) in [6.45, 7) is 2.39. The van der Waals surface area contributed by atoms with Crippen LogP contribution >= 0.6 is 11.6 Å². The SMILES string of the molecule is CCCC(=O)NCc1ccc(Cl)c(C#N)c1. The lowest BCUT2D eigenvalue weighted by Gasteiger charge is -2.05. The molecule has 3 nitrogen and oxygen atoms in total.